The first-order valence-corrected chi connectivity index (χ1v) is 10.3. The molecule has 0 fully saturated rings. The molecule has 0 bridgehead atoms. The second-order valence-corrected chi connectivity index (χ2v) is 7.89. The highest BCUT2D eigenvalue weighted by molar-refractivity contribution is 7.80. The van der Waals surface area contributed by atoms with Crippen LogP contribution in [0.25, 0.3) is 10.9 Å². The Kier molecular flexibility index (Phi) is 5.84. The van der Waals surface area contributed by atoms with Crippen molar-refractivity contribution in [2.24, 2.45) is 0 Å². The molecule has 0 saturated carbocycles. The molecule has 0 aliphatic heterocycles. The van der Waals surface area contributed by atoms with Crippen LogP contribution >= 0.6 is 23.8 Å². The van der Waals surface area contributed by atoms with E-state index in [-0.39, 0.29) is 5.92 Å². The van der Waals surface area contributed by atoms with Crippen molar-refractivity contribution in [1.82, 2.24) is 10.3 Å². The number of para-hydroxylation sites is 1. The fourth-order valence-electron chi connectivity index (χ4n) is 3.56. The third-order valence-electron chi connectivity index (χ3n) is 5.04. The quantitative estimate of drug-likeness (QED) is 0.335. The van der Waals surface area contributed by atoms with Crippen LogP contribution in [0.3, 0.4) is 0 Å². The van der Waals surface area contributed by atoms with E-state index in [0.29, 0.717) is 16.7 Å². The van der Waals surface area contributed by atoms with Gasteiger partial charge in [-0.15, -0.1) is 0 Å². The zero-order chi connectivity index (χ0) is 20.2. The number of anilines is 1. The topological polar surface area (TPSA) is 39.8 Å². The van der Waals surface area contributed by atoms with Crippen molar-refractivity contribution in [3.63, 3.8) is 0 Å². The molecule has 0 radical (unpaired) electrons. The molecule has 29 heavy (non-hydrogen) atoms. The first kappa shape index (κ1) is 19.5. The minimum Gasteiger partial charge on any atom is -0.361 e. The molecule has 3 N–H and O–H groups in total. The highest BCUT2D eigenvalue weighted by atomic mass is 35.5. The molecular weight excluding hydrogens is 398 g/mol. The van der Waals surface area contributed by atoms with Gasteiger partial charge in [-0.2, -0.15) is 0 Å². The van der Waals surface area contributed by atoms with Gasteiger partial charge in [-0.1, -0.05) is 66.2 Å². The fraction of sp³-hybridized carbons (Fsp3) is 0.125. The molecule has 1 atom stereocenters. The minimum atomic E-state index is 0.153. The van der Waals surface area contributed by atoms with E-state index in [9.17, 15) is 0 Å². The molecule has 5 heteroatoms. The summed E-state index contributed by atoms with van der Waals surface area (Å²) in [5, 5.41) is 9.02. The lowest BCUT2D eigenvalue weighted by atomic mass is 9.91. The number of aryl methyl sites for hydroxylation is 1. The lowest BCUT2D eigenvalue weighted by molar-refractivity contribution is 0.766. The predicted molar refractivity (Wildman–Crippen MR) is 127 cm³/mol. The van der Waals surface area contributed by atoms with Gasteiger partial charge in [-0.25, -0.2) is 0 Å². The molecule has 0 aliphatic carbocycles. The number of benzene rings is 3. The van der Waals surface area contributed by atoms with Gasteiger partial charge in [0.1, 0.15) is 0 Å². The van der Waals surface area contributed by atoms with Crippen molar-refractivity contribution in [1.29, 1.82) is 0 Å². The molecule has 0 amide bonds. The average molecular weight is 420 g/mol. The highest BCUT2D eigenvalue weighted by Gasteiger charge is 2.18. The van der Waals surface area contributed by atoms with Crippen molar-refractivity contribution >= 4 is 45.5 Å². The third-order valence-corrected chi connectivity index (χ3v) is 5.60. The molecule has 3 nitrogen and oxygen atoms in total. The lowest BCUT2D eigenvalue weighted by Gasteiger charge is -2.20. The predicted octanol–water partition coefficient (Wildman–Crippen LogP) is 6.25. The maximum absolute atomic E-state index is 6.32. The van der Waals surface area contributed by atoms with Crippen LogP contribution in [0.5, 0.6) is 0 Å². The van der Waals surface area contributed by atoms with Crippen LogP contribution in [0.1, 0.15) is 22.6 Å². The van der Waals surface area contributed by atoms with Gasteiger partial charge in [-0.3, -0.25) is 0 Å². The van der Waals surface area contributed by atoms with Crippen molar-refractivity contribution in [2.45, 2.75) is 12.8 Å². The second-order valence-electron chi connectivity index (χ2n) is 7.07. The first-order valence-electron chi connectivity index (χ1n) is 9.54. The van der Waals surface area contributed by atoms with Crippen LogP contribution in [0.4, 0.5) is 5.69 Å². The Hall–Kier alpha value is -2.82. The zero-order valence-electron chi connectivity index (χ0n) is 16.1. The smallest absolute Gasteiger partial charge is 0.170 e. The number of halogens is 1. The molecule has 0 aliphatic rings. The van der Waals surface area contributed by atoms with Crippen LogP contribution in [-0.4, -0.2) is 16.6 Å². The van der Waals surface area contributed by atoms with E-state index in [2.05, 4.69) is 64.3 Å². The van der Waals surface area contributed by atoms with Gasteiger partial charge < -0.3 is 15.6 Å². The number of fused-ring (bicyclic) bond motifs is 1. The Labute approximate surface area is 181 Å². The molecule has 0 spiro atoms. The Bertz CT molecular complexity index is 1140. The fourth-order valence-corrected chi connectivity index (χ4v) is 4.03. The van der Waals surface area contributed by atoms with Crippen molar-refractivity contribution < 1.29 is 0 Å². The van der Waals surface area contributed by atoms with E-state index < -0.39 is 0 Å². The number of hydrogen-bond acceptors (Lipinski definition) is 1. The highest BCUT2D eigenvalue weighted by Crippen LogP contribution is 2.30. The summed E-state index contributed by atoms with van der Waals surface area (Å²) in [6.45, 7) is 2.68. The van der Waals surface area contributed by atoms with E-state index >= 15 is 0 Å². The van der Waals surface area contributed by atoms with Crippen LogP contribution in [0.15, 0.2) is 79.0 Å². The van der Waals surface area contributed by atoms with Gasteiger partial charge in [0.15, 0.2) is 5.11 Å². The van der Waals surface area contributed by atoms with Gasteiger partial charge in [0.2, 0.25) is 0 Å². The summed E-state index contributed by atoms with van der Waals surface area (Å²) >= 11 is 11.9. The van der Waals surface area contributed by atoms with Gasteiger partial charge in [0.25, 0.3) is 0 Å². The molecule has 0 unspecified atom stereocenters. The maximum atomic E-state index is 6.32. The molecule has 1 heterocycles. The van der Waals surface area contributed by atoms with Crippen LogP contribution in [0.2, 0.25) is 5.02 Å². The SMILES string of the molecule is Cc1ccc(NC(=S)NC[C@H](c2ccccc2)c2c[nH]c3ccccc23)c(Cl)c1. The number of aromatic nitrogens is 1. The van der Waals surface area contributed by atoms with E-state index in [1.54, 1.807) is 0 Å². The molecule has 0 saturated heterocycles. The summed E-state index contributed by atoms with van der Waals surface area (Å²) in [5.41, 5.74) is 5.54. The number of nitrogens with one attached hydrogen (secondary N) is 3. The largest absolute Gasteiger partial charge is 0.361 e. The summed E-state index contributed by atoms with van der Waals surface area (Å²) in [6.07, 6.45) is 2.09. The molecule has 146 valence electrons. The summed E-state index contributed by atoms with van der Waals surface area (Å²) in [6, 6.07) is 24.7. The number of H-pyrrole nitrogens is 1. The summed E-state index contributed by atoms with van der Waals surface area (Å²) in [5.74, 6) is 0.153. The average Bonchev–Trinajstić information content (AvgIpc) is 3.15. The van der Waals surface area contributed by atoms with E-state index in [0.717, 1.165) is 16.8 Å². The molecular formula is C24H22ClN3S. The Morgan fingerprint density at radius 3 is 2.59 bits per heavy atom. The number of thiocarbonyl (C=S) groups is 1. The monoisotopic (exact) mass is 419 g/mol. The Morgan fingerprint density at radius 1 is 1.03 bits per heavy atom. The van der Waals surface area contributed by atoms with Gasteiger partial charge in [0, 0.05) is 29.6 Å². The Balaban J connectivity index is 1.55. The van der Waals surface area contributed by atoms with Crippen LogP contribution < -0.4 is 10.6 Å². The van der Waals surface area contributed by atoms with Gasteiger partial charge in [-0.05, 0) is 54.0 Å². The first-order chi connectivity index (χ1) is 14.1. The molecule has 4 aromatic rings. The lowest BCUT2D eigenvalue weighted by Crippen LogP contribution is -2.32. The second kappa shape index (κ2) is 8.68. The number of aromatic amines is 1. The summed E-state index contributed by atoms with van der Waals surface area (Å²) < 4.78 is 0. The normalized spacial score (nSPS) is 11.9. The van der Waals surface area contributed by atoms with Crippen molar-refractivity contribution in [2.75, 3.05) is 11.9 Å². The summed E-state index contributed by atoms with van der Waals surface area (Å²) in [7, 11) is 0. The molecule has 4 rings (SSSR count). The van der Waals surface area contributed by atoms with Crippen molar-refractivity contribution in [3.8, 4) is 0 Å². The number of hydrogen-bond donors (Lipinski definition) is 3. The van der Waals surface area contributed by atoms with Gasteiger partial charge >= 0.3 is 0 Å². The number of rotatable bonds is 5. The summed E-state index contributed by atoms with van der Waals surface area (Å²) in [4.78, 5) is 3.38. The van der Waals surface area contributed by atoms with E-state index in [4.69, 9.17) is 23.8 Å². The van der Waals surface area contributed by atoms with E-state index in [1.165, 1.54) is 16.5 Å². The van der Waals surface area contributed by atoms with E-state index in [1.807, 2.05) is 37.3 Å². The van der Waals surface area contributed by atoms with Crippen molar-refractivity contribution in [3.05, 3.63) is 101 Å². The minimum absolute atomic E-state index is 0.153. The van der Waals surface area contributed by atoms with Crippen LogP contribution in [0, 0.1) is 6.92 Å². The van der Waals surface area contributed by atoms with Gasteiger partial charge in [0.05, 0.1) is 10.7 Å². The Morgan fingerprint density at radius 2 is 1.79 bits per heavy atom. The molecule has 3 aromatic carbocycles. The third kappa shape index (κ3) is 4.44. The van der Waals surface area contributed by atoms with Crippen LogP contribution in [-0.2, 0) is 0 Å². The molecule has 1 aromatic heterocycles. The standard InChI is InChI=1S/C24H22ClN3S/c1-16-11-12-23(21(25)13-16)28-24(29)27-14-19(17-7-3-2-4-8-17)20-15-26-22-10-6-5-9-18(20)22/h2-13,15,19,26H,14H2,1H3,(H2,27,28,29)/t19-/m1/s1. The zero-order valence-corrected chi connectivity index (χ0v) is 17.6. The maximum Gasteiger partial charge on any atom is 0.170 e.